The summed E-state index contributed by atoms with van der Waals surface area (Å²) in [5.41, 5.74) is 1.57. The molecule has 0 spiro atoms. The van der Waals surface area contributed by atoms with Crippen LogP contribution in [0.5, 0.6) is 0 Å². The van der Waals surface area contributed by atoms with Crippen LogP contribution < -0.4 is 0 Å². The molecule has 0 aliphatic carbocycles. The number of hydrogen-bond donors (Lipinski definition) is 1. The molecule has 2 aromatic rings. The summed E-state index contributed by atoms with van der Waals surface area (Å²) in [5.74, 6) is 0.646. The lowest BCUT2D eigenvalue weighted by molar-refractivity contribution is 0.0787. The molecular formula is C11H13NO2. The maximum atomic E-state index is 9.80. The fraction of sp³-hybridized carbons (Fsp3) is 0.364. The van der Waals surface area contributed by atoms with Gasteiger partial charge in [-0.05, 0) is 31.5 Å². The molecule has 14 heavy (non-hydrogen) atoms. The van der Waals surface area contributed by atoms with Gasteiger partial charge in [0.15, 0.2) is 11.5 Å². The number of rotatable bonds is 1. The minimum absolute atomic E-state index is 0.646. The van der Waals surface area contributed by atoms with Crippen molar-refractivity contribution in [2.45, 2.75) is 26.4 Å². The number of aliphatic hydroxyl groups is 1. The van der Waals surface area contributed by atoms with Gasteiger partial charge in [0, 0.05) is 6.92 Å². The Morgan fingerprint density at radius 1 is 1.36 bits per heavy atom. The monoisotopic (exact) mass is 191 g/mol. The van der Waals surface area contributed by atoms with E-state index >= 15 is 0 Å². The first-order valence-electron chi connectivity index (χ1n) is 4.57. The molecule has 1 N–H and O–H groups in total. The SMILES string of the molecule is Cc1nc2cc(C(C)(C)O)ccc2o1. The highest BCUT2D eigenvalue weighted by Gasteiger charge is 2.16. The van der Waals surface area contributed by atoms with Gasteiger partial charge in [-0.1, -0.05) is 6.07 Å². The average molecular weight is 191 g/mol. The minimum Gasteiger partial charge on any atom is -0.441 e. The van der Waals surface area contributed by atoms with E-state index in [1.807, 2.05) is 25.1 Å². The molecule has 1 heterocycles. The molecule has 0 atom stereocenters. The predicted molar refractivity (Wildman–Crippen MR) is 54.0 cm³/mol. The second-order valence-electron chi connectivity index (χ2n) is 3.97. The number of nitrogens with zero attached hydrogens (tertiary/aromatic N) is 1. The fourth-order valence-corrected chi connectivity index (χ4v) is 1.42. The molecule has 0 bridgehead atoms. The molecule has 0 aliphatic heterocycles. The maximum absolute atomic E-state index is 9.80. The van der Waals surface area contributed by atoms with Crippen LogP contribution in [-0.4, -0.2) is 10.1 Å². The van der Waals surface area contributed by atoms with Crippen molar-refractivity contribution in [2.75, 3.05) is 0 Å². The largest absolute Gasteiger partial charge is 0.441 e. The number of fused-ring (bicyclic) bond motifs is 1. The van der Waals surface area contributed by atoms with Crippen LogP contribution in [0.1, 0.15) is 25.3 Å². The first kappa shape index (κ1) is 9.21. The summed E-state index contributed by atoms with van der Waals surface area (Å²) in [6.07, 6.45) is 0. The van der Waals surface area contributed by atoms with Crippen molar-refractivity contribution in [1.29, 1.82) is 0 Å². The topological polar surface area (TPSA) is 46.3 Å². The number of aromatic nitrogens is 1. The molecule has 0 radical (unpaired) electrons. The summed E-state index contributed by atoms with van der Waals surface area (Å²) in [6, 6.07) is 5.54. The molecular weight excluding hydrogens is 178 g/mol. The Morgan fingerprint density at radius 3 is 2.71 bits per heavy atom. The molecule has 74 valence electrons. The van der Waals surface area contributed by atoms with Crippen molar-refractivity contribution in [3.8, 4) is 0 Å². The zero-order valence-corrected chi connectivity index (χ0v) is 8.53. The van der Waals surface area contributed by atoms with Gasteiger partial charge >= 0.3 is 0 Å². The molecule has 2 rings (SSSR count). The van der Waals surface area contributed by atoms with Gasteiger partial charge in [-0.15, -0.1) is 0 Å². The van der Waals surface area contributed by atoms with Gasteiger partial charge in [-0.2, -0.15) is 0 Å². The Balaban J connectivity index is 2.62. The second kappa shape index (κ2) is 2.82. The fourth-order valence-electron chi connectivity index (χ4n) is 1.42. The highest BCUT2D eigenvalue weighted by atomic mass is 16.3. The third-order valence-corrected chi connectivity index (χ3v) is 2.20. The number of hydrogen-bond acceptors (Lipinski definition) is 3. The zero-order valence-electron chi connectivity index (χ0n) is 8.53. The van der Waals surface area contributed by atoms with Crippen molar-refractivity contribution in [1.82, 2.24) is 4.98 Å². The van der Waals surface area contributed by atoms with Gasteiger partial charge in [-0.25, -0.2) is 4.98 Å². The molecule has 0 saturated carbocycles. The summed E-state index contributed by atoms with van der Waals surface area (Å²) in [7, 11) is 0. The van der Waals surface area contributed by atoms with Crippen LogP contribution in [0.3, 0.4) is 0 Å². The first-order chi connectivity index (χ1) is 6.47. The molecule has 1 aromatic carbocycles. The van der Waals surface area contributed by atoms with E-state index in [2.05, 4.69) is 4.98 Å². The third kappa shape index (κ3) is 1.51. The Kier molecular flexibility index (Phi) is 1.86. The summed E-state index contributed by atoms with van der Waals surface area (Å²) < 4.78 is 5.34. The normalized spacial score (nSPS) is 12.3. The quantitative estimate of drug-likeness (QED) is 0.752. The molecule has 0 unspecified atom stereocenters. The summed E-state index contributed by atoms with van der Waals surface area (Å²) in [4.78, 5) is 4.21. The van der Waals surface area contributed by atoms with Crippen molar-refractivity contribution < 1.29 is 9.52 Å². The Bertz CT molecular complexity index is 466. The van der Waals surface area contributed by atoms with Crippen LogP contribution in [0.25, 0.3) is 11.1 Å². The molecule has 0 saturated heterocycles. The Morgan fingerprint density at radius 2 is 2.07 bits per heavy atom. The molecule has 3 nitrogen and oxygen atoms in total. The summed E-state index contributed by atoms with van der Waals surface area (Å²) >= 11 is 0. The molecule has 1 aromatic heterocycles. The van der Waals surface area contributed by atoms with Crippen LogP contribution in [-0.2, 0) is 5.60 Å². The van der Waals surface area contributed by atoms with E-state index < -0.39 is 5.60 Å². The molecule has 0 fully saturated rings. The van der Waals surface area contributed by atoms with E-state index in [9.17, 15) is 5.11 Å². The van der Waals surface area contributed by atoms with Crippen LogP contribution in [0.2, 0.25) is 0 Å². The van der Waals surface area contributed by atoms with Crippen LogP contribution in [0, 0.1) is 6.92 Å². The number of benzene rings is 1. The first-order valence-corrected chi connectivity index (χ1v) is 4.57. The van der Waals surface area contributed by atoms with Gasteiger partial charge in [0.05, 0.1) is 5.60 Å². The maximum Gasteiger partial charge on any atom is 0.192 e. The van der Waals surface area contributed by atoms with Gasteiger partial charge in [-0.3, -0.25) is 0 Å². The van der Waals surface area contributed by atoms with Crippen molar-refractivity contribution in [3.05, 3.63) is 29.7 Å². The van der Waals surface area contributed by atoms with Crippen LogP contribution in [0.15, 0.2) is 22.6 Å². The van der Waals surface area contributed by atoms with E-state index in [-0.39, 0.29) is 0 Å². The van der Waals surface area contributed by atoms with Crippen molar-refractivity contribution in [2.24, 2.45) is 0 Å². The Hall–Kier alpha value is -1.35. The van der Waals surface area contributed by atoms with Gasteiger partial charge in [0.2, 0.25) is 0 Å². The number of aryl methyl sites for hydroxylation is 1. The van der Waals surface area contributed by atoms with Gasteiger partial charge < -0.3 is 9.52 Å². The highest BCUT2D eigenvalue weighted by molar-refractivity contribution is 5.73. The predicted octanol–water partition coefficient (Wildman–Crippen LogP) is 2.36. The summed E-state index contributed by atoms with van der Waals surface area (Å²) in [5, 5.41) is 9.80. The second-order valence-corrected chi connectivity index (χ2v) is 3.97. The van der Waals surface area contributed by atoms with E-state index in [1.165, 1.54) is 0 Å². The van der Waals surface area contributed by atoms with Crippen LogP contribution in [0.4, 0.5) is 0 Å². The van der Waals surface area contributed by atoms with Crippen LogP contribution >= 0.6 is 0 Å². The highest BCUT2D eigenvalue weighted by Crippen LogP contribution is 2.24. The molecule has 3 heteroatoms. The number of oxazole rings is 1. The van der Waals surface area contributed by atoms with Gasteiger partial charge in [0.1, 0.15) is 5.52 Å². The van der Waals surface area contributed by atoms with Gasteiger partial charge in [0.25, 0.3) is 0 Å². The van der Waals surface area contributed by atoms with Crippen molar-refractivity contribution >= 4 is 11.1 Å². The molecule has 0 aliphatic rings. The standard InChI is InChI=1S/C11H13NO2/c1-7-12-9-6-8(11(2,3)13)4-5-10(9)14-7/h4-6,13H,1-3H3. The van der Waals surface area contributed by atoms with E-state index in [0.29, 0.717) is 5.89 Å². The lowest BCUT2D eigenvalue weighted by Gasteiger charge is -2.16. The minimum atomic E-state index is -0.832. The summed E-state index contributed by atoms with van der Waals surface area (Å²) in [6.45, 7) is 5.31. The lowest BCUT2D eigenvalue weighted by Crippen LogP contribution is -2.14. The van der Waals surface area contributed by atoms with E-state index in [0.717, 1.165) is 16.7 Å². The zero-order chi connectivity index (χ0) is 10.3. The van der Waals surface area contributed by atoms with Crippen molar-refractivity contribution in [3.63, 3.8) is 0 Å². The smallest absolute Gasteiger partial charge is 0.192 e. The molecule has 0 amide bonds. The Labute approximate surface area is 82.4 Å². The average Bonchev–Trinajstić information content (AvgIpc) is 2.41. The third-order valence-electron chi connectivity index (χ3n) is 2.20. The van der Waals surface area contributed by atoms with E-state index in [1.54, 1.807) is 13.8 Å². The lowest BCUT2D eigenvalue weighted by atomic mass is 9.98. The van der Waals surface area contributed by atoms with E-state index in [4.69, 9.17) is 4.42 Å².